The second kappa shape index (κ2) is 4.47. The molecule has 1 N–H and O–H groups in total. The summed E-state index contributed by atoms with van der Waals surface area (Å²) in [7, 11) is 0. The highest BCUT2D eigenvalue weighted by Gasteiger charge is 2.24. The van der Waals surface area contributed by atoms with E-state index in [9.17, 15) is 4.79 Å². The van der Waals surface area contributed by atoms with Crippen LogP contribution < -0.4 is 5.32 Å². The van der Waals surface area contributed by atoms with E-state index in [0.717, 1.165) is 24.9 Å². The van der Waals surface area contributed by atoms with Crippen molar-refractivity contribution in [3.63, 3.8) is 0 Å². The highest BCUT2D eigenvalue weighted by Crippen LogP contribution is 2.27. The van der Waals surface area contributed by atoms with E-state index in [-0.39, 0.29) is 11.8 Å². The van der Waals surface area contributed by atoms with E-state index < -0.39 is 0 Å². The van der Waals surface area contributed by atoms with Crippen LogP contribution in [0.25, 0.3) is 0 Å². The fourth-order valence-electron chi connectivity index (χ4n) is 1.74. The topological polar surface area (TPSA) is 29.1 Å². The molecule has 1 aromatic rings. The molecule has 1 aliphatic carbocycles. The largest absolute Gasteiger partial charge is 0.326 e. The number of hydrogen-bond acceptors (Lipinski definition) is 1. The van der Waals surface area contributed by atoms with Crippen molar-refractivity contribution in [2.24, 2.45) is 5.92 Å². The highest BCUT2D eigenvalue weighted by molar-refractivity contribution is 5.92. The predicted octanol–water partition coefficient (Wildman–Crippen LogP) is 2.99. The molecule has 80 valence electrons. The summed E-state index contributed by atoms with van der Waals surface area (Å²) in [6, 6.07) is 8.09. The van der Waals surface area contributed by atoms with E-state index in [2.05, 4.69) is 24.4 Å². The zero-order valence-electron chi connectivity index (χ0n) is 9.12. The van der Waals surface area contributed by atoms with Gasteiger partial charge in [0.1, 0.15) is 0 Å². The molecule has 1 saturated carbocycles. The first-order chi connectivity index (χ1) is 7.29. The quantitative estimate of drug-likeness (QED) is 0.804. The van der Waals surface area contributed by atoms with Crippen LogP contribution in [-0.2, 0) is 11.2 Å². The van der Waals surface area contributed by atoms with Crippen LogP contribution in [0.15, 0.2) is 24.3 Å². The highest BCUT2D eigenvalue weighted by atomic mass is 16.1. The Bertz CT molecular complexity index is 338. The van der Waals surface area contributed by atoms with Crippen LogP contribution in [0.3, 0.4) is 0 Å². The molecule has 2 rings (SSSR count). The molecule has 0 radical (unpaired) electrons. The lowest BCUT2D eigenvalue weighted by Gasteiger charge is -2.24. The smallest absolute Gasteiger partial charge is 0.227 e. The third-order valence-corrected chi connectivity index (χ3v) is 3.11. The zero-order chi connectivity index (χ0) is 10.7. The summed E-state index contributed by atoms with van der Waals surface area (Å²) in [4.78, 5) is 11.6. The zero-order valence-corrected chi connectivity index (χ0v) is 9.12. The van der Waals surface area contributed by atoms with Crippen molar-refractivity contribution in [1.29, 1.82) is 0 Å². The number of carbonyl (C=O) groups excluding carboxylic acids is 1. The van der Waals surface area contributed by atoms with Gasteiger partial charge in [-0.3, -0.25) is 4.79 Å². The number of nitrogens with one attached hydrogen (secondary N) is 1. The number of aryl methyl sites for hydroxylation is 1. The van der Waals surface area contributed by atoms with Crippen molar-refractivity contribution in [3.05, 3.63) is 29.8 Å². The summed E-state index contributed by atoms with van der Waals surface area (Å²) >= 11 is 0. The minimum absolute atomic E-state index is 0.186. The molecule has 0 heterocycles. The lowest BCUT2D eigenvalue weighted by atomic mass is 9.85. The minimum atomic E-state index is 0.186. The fourth-order valence-corrected chi connectivity index (χ4v) is 1.74. The van der Waals surface area contributed by atoms with Gasteiger partial charge < -0.3 is 5.32 Å². The van der Waals surface area contributed by atoms with Gasteiger partial charge >= 0.3 is 0 Å². The molecule has 0 aliphatic heterocycles. The molecule has 1 amide bonds. The normalized spacial score (nSPS) is 15.8. The molecule has 0 bridgehead atoms. The van der Waals surface area contributed by atoms with Crippen molar-refractivity contribution in [2.75, 3.05) is 5.32 Å². The molecule has 2 heteroatoms. The molecule has 0 saturated heterocycles. The Labute approximate surface area is 90.7 Å². The minimum Gasteiger partial charge on any atom is -0.326 e. The lowest BCUT2D eigenvalue weighted by Crippen LogP contribution is -2.27. The van der Waals surface area contributed by atoms with Crippen LogP contribution in [0.5, 0.6) is 0 Å². The summed E-state index contributed by atoms with van der Waals surface area (Å²) in [6.07, 6.45) is 4.35. The number of benzene rings is 1. The van der Waals surface area contributed by atoms with Crippen molar-refractivity contribution < 1.29 is 4.79 Å². The molecule has 1 fully saturated rings. The maximum Gasteiger partial charge on any atom is 0.227 e. The Morgan fingerprint density at radius 2 is 2.00 bits per heavy atom. The number of anilines is 1. The molecular weight excluding hydrogens is 186 g/mol. The van der Waals surface area contributed by atoms with Crippen molar-refractivity contribution >= 4 is 11.6 Å². The monoisotopic (exact) mass is 203 g/mol. The fraction of sp³-hybridized carbons (Fsp3) is 0.462. The molecule has 1 aromatic carbocycles. The molecule has 0 aromatic heterocycles. The molecule has 0 spiro atoms. The predicted molar refractivity (Wildman–Crippen MR) is 61.8 cm³/mol. The summed E-state index contributed by atoms with van der Waals surface area (Å²) < 4.78 is 0. The number of rotatable bonds is 3. The van der Waals surface area contributed by atoms with Crippen molar-refractivity contribution in [3.8, 4) is 0 Å². The molecule has 2 nitrogen and oxygen atoms in total. The molecular formula is C13H17NO. The van der Waals surface area contributed by atoms with E-state index in [1.807, 2.05) is 12.1 Å². The van der Waals surface area contributed by atoms with Gasteiger partial charge in [0.15, 0.2) is 0 Å². The lowest BCUT2D eigenvalue weighted by molar-refractivity contribution is -0.122. The van der Waals surface area contributed by atoms with Crippen molar-refractivity contribution in [2.45, 2.75) is 32.6 Å². The van der Waals surface area contributed by atoms with E-state index in [1.165, 1.54) is 12.0 Å². The second-order valence-corrected chi connectivity index (χ2v) is 4.17. The van der Waals surface area contributed by atoms with Gasteiger partial charge in [-0.25, -0.2) is 0 Å². The maximum atomic E-state index is 11.6. The molecule has 1 aliphatic rings. The van der Waals surface area contributed by atoms with Crippen LogP contribution in [0, 0.1) is 5.92 Å². The summed E-state index contributed by atoms with van der Waals surface area (Å²) in [6.45, 7) is 2.13. The van der Waals surface area contributed by atoms with Gasteiger partial charge in [-0.15, -0.1) is 0 Å². The third-order valence-electron chi connectivity index (χ3n) is 3.11. The van der Waals surface area contributed by atoms with E-state index in [4.69, 9.17) is 0 Å². The van der Waals surface area contributed by atoms with Crippen molar-refractivity contribution in [1.82, 2.24) is 0 Å². The van der Waals surface area contributed by atoms with Crippen LogP contribution >= 0.6 is 0 Å². The van der Waals surface area contributed by atoms with Gasteiger partial charge in [-0.2, -0.15) is 0 Å². The number of hydrogen-bond donors (Lipinski definition) is 1. The summed E-state index contributed by atoms with van der Waals surface area (Å²) in [5.74, 6) is 0.446. The Morgan fingerprint density at radius 1 is 1.33 bits per heavy atom. The van der Waals surface area contributed by atoms with Crippen LogP contribution in [0.4, 0.5) is 5.69 Å². The number of carbonyl (C=O) groups is 1. The Morgan fingerprint density at radius 3 is 2.47 bits per heavy atom. The summed E-state index contributed by atoms with van der Waals surface area (Å²) in [5, 5.41) is 2.96. The third kappa shape index (κ3) is 2.38. The van der Waals surface area contributed by atoms with Gasteiger partial charge in [0, 0.05) is 11.6 Å². The first-order valence-electron chi connectivity index (χ1n) is 5.69. The Kier molecular flexibility index (Phi) is 3.05. The SMILES string of the molecule is CCc1ccc(NC(=O)C2CCC2)cc1. The van der Waals surface area contributed by atoms with Gasteiger partial charge in [-0.1, -0.05) is 25.5 Å². The average Bonchev–Trinajstić information content (AvgIpc) is 2.16. The van der Waals surface area contributed by atoms with E-state index >= 15 is 0 Å². The number of amides is 1. The van der Waals surface area contributed by atoms with Gasteiger partial charge in [0.05, 0.1) is 0 Å². The van der Waals surface area contributed by atoms with Crippen LogP contribution in [0.1, 0.15) is 31.7 Å². The molecule has 0 unspecified atom stereocenters. The van der Waals surface area contributed by atoms with Crippen LogP contribution in [-0.4, -0.2) is 5.91 Å². The Hall–Kier alpha value is -1.31. The van der Waals surface area contributed by atoms with Crippen LogP contribution in [0.2, 0.25) is 0 Å². The van der Waals surface area contributed by atoms with E-state index in [1.54, 1.807) is 0 Å². The molecule has 15 heavy (non-hydrogen) atoms. The van der Waals surface area contributed by atoms with E-state index in [0.29, 0.717) is 0 Å². The Balaban J connectivity index is 1.94. The molecule has 0 atom stereocenters. The first kappa shape index (κ1) is 10.2. The standard InChI is InChI=1S/C13H17NO/c1-2-10-6-8-12(9-7-10)14-13(15)11-4-3-5-11/h6-9,11H,2-5H2,1H3,(H,14,15). The first-order valence-corrected chi connectivity index (χ1v) is 5.69. The summed E-state index contributed by atoms with van der Waals surface area (Å²) in [5.41, 5.74) is 2.22. The average molecular weight is 203 g/mol. The van der Waals surface area contributed by atoms with Gasteiger partial charge in [0.2, 0.25) is 5.91 Å². The van der Waals surface area contributed by atoms with Gasteiger partial charge in [-0.05, 0) is 37.0 Å². The maximum absolute atomic E-state index is 11.6. The van der Waals surface area contributed by atoms with Gasteiger partial charge in [0.25, 0.3) is 0 Å². The second-order valence-electron chi connectivity index (χ2n) is 4.17.